The van der Waals surface area contributed by atoms with Crippen molar-refractivity contribution in [3.05, 3.63) is 35.3 Å². The topological polar surface area (TPSA) is 51.2 Å². The number of rotatable bonds is 3. The van der Waals surface area contributed by atoms with E-state index in [-0.39, 0.29) is 6.04 Å². The maximum atomic E-state index is 5.66. The second-order valence-corrected chi connectivity index (χ2v) is 4.47. The van der Waals surface area contributed by atoms with Crippen molar-refractivity contribution in [2.24, 2.45) is 5.84 Å². The third-order valence-corrected chi connectivity index (χ3v) is 3.20. The van der Waals surface area contributed by atoms with Crippen molar-refractivity contribution in [2.75, 3.05) is 0 Å². The fraction of sp³-hybridized carbons (Fsp3) is 0.538. The van der Waals surface area contributed by atoms with Gasteiger partial charge >= 0.3 is 0 Å². The van der Waals surface area contributed by atoms with Crippen molar-refractivity contribution >= 4 is 0 Å². The van der Waals surface area contributed by atoms with Gasteiger partial charge in [0, 0.05) is 5.56 Å². The van der Waals surface area contributed by atoms with Gasteiger partial charge in [-0.25, -0.2) is 5.43 Å². The Labute approximate surface area is 96.7 Å². The Morgan fingerprint density at radius 3 is 2.94 bits per heavy atom. The van der Waals surface area contributed by atoms with Gasteiger partial charge in [-0.05, 0) is 38.7 Å². The summed E-state index contributed by atoms with van der Waals surface area (Å²) in [5, 5.41) is 0. The van der Waals surface area contributed by atoms with Crippen molar-refractivity contribution in [2.45, 2.75) is 45.1 Å². The van der Waals surface area contributed by atoms with Crippen LogP contribution in [0.1, 0.15) is 49.5 Å². The minimum Gasteiger partial charge on any atom is -0.469 e. The van der Waals surface area contributed by atoms with Crippen molar-refractivity contribution in [3.8, 4) is 0 Å². The van der Waals surface area contributed by atoms with Gasteiger partial charge in [0.05, 0.1) is 12.3 Å². The molecular formula is C13H20N2O. The summed E-state index contributed by atoms with van der Waals surface area (Å²) in [4.78, 5) is 0. The highest BCUT2D eigenvalue weighted by atomic mass is 16.3. The predicted molar refractivity (Wildman–Crippen MR) is 64.7 cm³/mol. The highest BCUT2D eigenvalue weighted by molar-refractivity contribution is 5.27. The molecule has 1 unspecified atom stereocenters. The first-order valence-electron chi connectivity index (χ1n) is 6.01. The quantitative estimate of drug-likeness (QED) is 0.468. The number of aryl methyl sites for hydroxylation is 1. The van der Waals surface area contributed by atoms with E-state index in [1.54, 1.807) is 6.26 Å². The lowest BCUT2D eigenvalue weighted by atomic mass is 9.97. The first kappa shape index (κ1) is 11.4. The lowest BCUT2D eigenvalue weighted by molar-refractivity contribution is 0.522. The summed E-state index contributed by atoms with van der Waals surface area (Å²) in [6.07, 6.45) is 10.3. The van der Waals surface area contributed by atoms with Gasteiger partial charge in [-0.3, -0.25) is 5.84 Å². The van der Waals surface area contributed by atoms with E-state index in [1.807, 2.05) is 6.92 Å². The van der Waals surface area contributed by atoms with Crippen LogP contribution in [0.2, 0.25) is 0 Å². The van der Waals surface area contributed by atoms with Gasteiger partial charge in [0.15, 0.2) is 0 Å². The first-order valence-corrected chi connectivity index (χ1v) is 6.01. The van der Waals surface area contributed by atoms with Crippen molar-refractivity contribution in [1.29, 1.82) is 0 Å². The van der Waals surface area contributed by atoms with Crippen LogP contribution in [0.15, 0.2) is 28.4 Å². The molecule has 0 saturated carbocycles. The fourth-order valence-corrected chi connectivity index (χ4v) is 2.33. The van der Waals surface area contributed by atoms with Crippen LogP contribution in [0, 0.1) is 6.92 Å². The van der Waals surface area contributed by atoms with Gasteiger partial charge in [0.1, 0.15) is 5.76 Å². The van der Waals surface area contributed by atoms with E-state index in [2.05, 4.69) is 17.6 Å². The Balaban J connectivity index is 2.18. The molecule has 0 fully saturated rings. The number of allylic oxidation sites excluding steroid dienone is 1. The summed E-state index contributed by atoms with van der Waals surface area (Å²) in [6, 6.07) is 2.17. The number of hydrogen-bond donors (Lipinski definition) is 2. The molecule has 1 heterocycles. The van der Waals surface area contributed by atoms with E-state index in [9.17, 15) is 0 Å². The molecule has 0 amide bonds. The first-order chi connectivity index (χ1) is 7.81. The molecule has 3 N–H and O–H groups in total. The monoisotopic (exact) mass is 220 g/mol. The minimum atomic E-state index is 0.121. The van der Waals surface area contributed by atoms with E-state index in [0.717, 1.165) is 17.7 Å². The zero-order chi connectivity index (χ0) is 11.4. The molecule has 3 nitrogen and oxygen atoms in total. The Morgan fingerprint density at radius 1 is 1.38 bits per heavy atom. The van der Waals surface area contributed by atoms with Gasteiger partial charge in [-0.2, -0.15) is 0 Å². The highest BCUT2D eigenvalue weighted by Crippen LogP contribution is 2.29. The molecule has 0 radical (unpaired) electrons. The largest absolute Gasteiger partial charge is 0.469 e. The van der Waals surface area contributed by atoms with E-state index < -0.39 is 0 Å². The molecule has 1 aromatic rings. The molecule has 0 aromatic carbocycles. The van der Waals surface area contributed by atoms with Gasteiger partial charge in [-0.15, -0.1) is 0 Å². The van der Waals surface area contributed by atoms with Crippen LogP contribution in [0.4, 0.5) is 0 Å². The van der Waals surface area contributed by atoms with E-state index in [4.69, 9.17) is 10.3 Å². The molecule has 0 saturated heterocycles. The third-order valence-electron chi connectivity index (χ3n) is 3.20. The number of nitrogens with one attached hydrogen (secondary N) is 1. The Kier molecular flexibility index (Phi) is 3.80. The summed E-state index contributed by atoms with van der Waals surface area (Å²) >= 11 is 0. The number of nitrogens with two attached hydrogens (primary N) is 1. The molecule has 1 aliphatic carbocycles. The molecule has 0 aliphatic heterocycles. The molecule has 0 spiro atoms. The molecule has 88 valence electrons. The third kappa shape index (κ3) is 2.54. The van der Waals surface area contributed by atoms with Gasteiger partial charge in [0.25, 0.3) is 0 Å². The van der Waals surface area contributed by atoms with Gasteiger partial charge < -0.3 is 4.42 Å². The van der Waals surface area contributed by atoms with Crippen molar-refractivity contribution < 1.29 is 4.42 Å². The van der Waals surface area contributed by atoms with Crippen LogP contribution in [0.25, 0.3) is 0 Å². The molecule has 1 aliphatic rings. The van der Waals surface area contributed by atoms with Crippen molar-refractivity contribution in [3.63, 3.8) is 0 Å². The van der Waals surface area contributed by atoms with E-state index in [1.165, 1.54) is 31.3 Å². The second-order valence-electron chi connectivity index (χ2n) is 4.47. The zero-order valence-corrected chi connectivity index (χ0v) is 9.83. The number of hydrazine groups is 1. The maximum Gasteiger partial charge on any atom is 0.101 e. The van der Waals surface area contributed by atoms with Crippen LogP contribution < -0.4 is 11.3 Å². The van der Waals surface area contributed by atoms with E-state index in [0.29, 0.717) is 0 Å². The average molecular weight is 220 g/mol. The van der Waals surface area contributed by atoms with Crippen LogP contribution in [-0.4, -0.2) is 0 Å². The van der Waals surface area contributed by atoms with Crippen LogP contribution >= 0.6 is 0 Å². The van der Waals surface area contributed by atoms with Crippen LogP contribution in [0.5, 0.6) is 0 Å². The second kappa shape index (κ2) is 5.32. The Hall–Kier alpha value is -1.06. The summed E-state index contributed by atoms with van der Waals surface area (Å²) in [5.41, 5.74) is 5.44. The summed E-state index contributed by atoms with van der Waals surface area (Å²) in [5.74, 6) is 6.60. The van der Waals surface area contributed by atoms with Gasteiger partial charge in [0.2, 0.25) is 0 Å². The lowest BCUT2D eigenvalue weighted by Gasteiger charge is -2.17. The van der Waals surface area contributed by atoms with Gasteiger partial charge in [-0.1, -0.05) is 18.1 Å². The molecule has 2 rings (SSSR count). The lowest BCUT2D eigenvalue weighted by Crippen LogP contribution is -2.29. The maximum absolute atomic E-state index is 5.66. The standard InChI is InChI=1S/C13H20N2O/c1-10-8-12(9-16-10)13(15-14)11-6-4-2-3-5-7-11/h6,8-9,13,15H,2-5,7,14H2,1H3. The zero-order valence-electron chi connectivity index (χ0n) is 9.83. The molecule has 1 aromatic heterocycles. The Bertz CT molecular complexity index is 368. The summed E-state index contributed by atoms with van der Waals surface area (Å²) in [6.45, 7) is 1.96. The number of furan rings is 1. The SMILES string of the molecule is Cc1cc(C(NN)C2=CCCCCC2)co1. The molecule has 16 heavy (non-hydrogen) atoms. The van der Waals surface area contributed by atoms with E-state index >= 15 is 0 Å². The average Bonchev–Trinajstić information content (AvgIpc) is 2.55. The Morgan fingerprint density at radius 2 is 2.25 bits per heavy atom. The predicted octanol–water partition coefficient (Wildman–Crippen LogP) is 2.98. The van der Waals surface area contributed by atoms with Crippen molar-refractivity contribution in [1.82, 2.24) is 5.43 Å². The normalized spacial score (nSPS) is 19.0. The van der Waals surface area contributed by atoms with Crippen LogP contribution in [0.3, 0.4) is 0 Å². The molecule has 3 heteroatoms. The minimum absolute atomic E-state index is 0.121. The molecular weight excluding hydrogens is 200 g/mol. The summed E-state index contributed by atoms with van der Waals surface area (Å²) in [7, 11) is 0. The highest BCUT2D eigenvalue weighted by Gasteiger charge is 2.17. The molecule has 1 atom stereocenters. The van der Waals surface area contributed by atoms with Crippen LogP contribution in [-0.2, 0) is 0 Å². The summed E-state index contributed by atoms with van der Waals surface area (Å²) < 4.78 is 5.35. The molecule has 0 bridgehead atoms. The number of hydrogen-bond acceptors (Lipinski definition) is 3. The smallest absolute Gasteiger partial charge is 0.101 e. The fourth-order valence-electron chi connectivity index (χ4n) is 2.33.